The van der Waals surface area contributed by atoms with E-state index in [1.807, 2.05) is 18.7 Å². The number of hydrogen-bond donors (Lipinski definition) is 1. The van der Waals surface area contributed by atoms with Gasteiger partial charge in [0, 0.05) is 30.3 Å². The number of rotatable bonds is 7. The zero-order chi connectivity index (χ0) is 18.1. The van der Waals surface area contributed by atoms with Crippen molar-refractivity contribution in [2.75, 3.05) is 39.0 Å². The number of aliphatic imine (C=N–C) groups is 1. The molecule has 1 aliphatic heterocycles. The molecular formula is C19H30IN3O2S. The number of carbonyl (C=O) groups excluding carboxylic acids is 1. The Morgan fingerprint density at radius 1 is 1.42 bits per heavy atom. The van der Waals surface area contributed by atoms with E-state index in [1.54, 1.807) is 0 Å². The lowest BCUT2D eigenvalue weighted by molar-refractivity contribution is -0.144. The second-order valence-corrected chi connectivity index (χ2v) is 7.44. The fraction of sp³-hybridized carbons (Fsp3) is 0.579. The Morgan fingerprint density at radius 2 is 2.15 bits per heavy atom. The van der Waals surface area contributed by atoms with Gasteiger partial charge >= 0.3 is 5.97 Å². The van der Waals surface area contributed by atoms with Gasteiger partial charge in [-0.15, -0.1) is 35.7 Å². The monoisotopic (exact) mass is 491 g/mol. The maximum Gasteiger partial charge on any atom is 0.310 e. The first kappa shape index (κ1) is 23.1. The molecule has 0 bridgehead atoms. The smallest absolute Gasteiger partial charge is 0.310 e. The number of methoxy groups -OCH3 is 1. The van der Waals surface area contributed by atoms with Gasteiger partial charge in [0.25, 0.3) is 0 Å². The summed E-state index contributed by atoms with van der Waals surface area (Å²) >= 11 is 1.92. The van der Waals surface area contributed by atoms with Crippen molar-refractivity contribution in [3.63, 3.8) is 0 Å². The Kier molecular flexibility index (Phi) is 11.0. The molecule has 0 amide bonds. The van der Waals surface area contributed by atoms with Crippen molar-refractivity contribution in [3.8, 4) is 0 Å². The number of ether oxygens (including phenoxy) is 1. The van der Waals surface area contributed by atoms with Crippen LogP contribution in [0.1, 0.15) is 20.3 Å². The van der Waals surface area contributed by atoms with Crippen LogP contribution in [0.3, 0.4) is 0 Å². The molecule has 26 heavy (non-hydrogen) atoms. The number of thioether (sulfide) groups is 1. The fourth-order valence-corrected chi connectivity index (χ4v) is 3.87. The highest BCUT2D eigenvalue weighted by atomic mass is 127. The molecule has 0 aliphatic carbocycles. The molecule has 1 fully saturated rings. The second kappa shape index (κ2) is 12.4. The summed E-state index contributed by atoms with van der Waals surface area (Å²) in [6, 6.07) is 10.5. The summed E-state index contributed by atoms with van der Waals surface area (Å²) in [5, 5.41) is 3.35. The molecule has 1 N–H and O–H groups in total. The van der Waals surface area contributed by atoms with E-state index in [9.17, 15) is 4.79 Å². The molecule has 7 heteroatoms. The van der Waals surface area contributed by atoms with Gasteiger partial charge < -0.3 is 15.0 Å². The molecule has 1 aliphatic rings. The zero-order valence-electron chi connectivity index (χ0n) is 15.8. The van der Waals surface area contributed by atoms with Crippen molar-refractivity contribution in [2.45, 2.75) is 25.2 Å². The highest BCUT2D eigenvalue weighted by molar-refractivity contribution is 14.0. The molecule has 0 spiro atoms. The maximum atomic E-state index is 11.5. The lowest BCUT2D eigenvalue weighted by atomic mass is 10.2. The minimum Gasteiger partial charge on any atom is -0.469 e. The Morgan fingerprint density at radius 3 is 2.81 bits per heavy atom. The molecule has 1 aromatic carbocycles. The molecule has 1 heterocycles. The number of halogens is 1. The summed E-state index contributed by atoms with van der Waals surface area (Å²) in [5.41, 5.74) is 0. The number of esters is 1. The number of benzene rings is 1. The summed E-state index contributed by atoms with van der Waals surface area (Å²) in [5.74, 6) is 2.26. The number of hydrogen-bond acceptors (Lipinski definition) is 4. The van der Waals surface area contributed by atoms with Gasteiger partial charge in [-0.05, 0) is 31.4 Å². The van der Waals surface area contributed by atoms with Crippen molar-refractivity contribution in [3.05, 3.63) is 30.3 Å². The minimum absolute atomic E-state index is 0. The van der Waals surface area contributed by atoms with E-state index in [-0.39, 0.29) is 35.9 Å². The SMILES string of the molecule is CCNC(=NCC(C)C(=O)OC)N1CCC(CSc2ccccc2)C1.I. The summed E-state index contributed by atoms with van der Waals surface area (Å²) in [7, 11) is 1.42. The highest BCUT2D eigenvalue weighted by Crippen LogP contribution is 2.25. The first-order chi connectivity index (χ1) is 12.1. The van der Waals surface area contributed by atoms with Crippen LogP contribution in [0.15, 0.2) is 40.2 Å². The zero-order valence-corrected chi connectivity index (χ0v) is 19.0. The van der Waals surface area contributed by atoms with E-state index in [0.29, 0.717) is 12.5 Å². The Labute approximate surface area is 178 Å². The van der Waals surface area contributed by atoms with Crippen molar-refractivity contribution in [1.29, 1.82) is 0 Å². The minimum atomic E-state index is -0.217. The van der Waals surface area contributed by atoms with Crippen LogP contribution < -0.4 is 5.32 Å². The second-order valence-electron chi connectivity index (χ2n) is 6.34. The molecule has 2 rings (SSSR count). The lowest BCUT2D eigenvalue weighted by Crippen LogP contribution is -2.40. The van der Waals surface area contributed by atoms with E-state index >= 15 is 0 Å². The molecule has 0 aromatic heterocycles. The van der Waals surface area contributed by atoms with E-state index in [4.69, 9.17) is 4.74 Å². The summed E-state index contributed by atoms with van der Waals surface area (Å²) in [4.78, 5) is 19.8. The number of likely N-dealkylation sites (tertiary alicyclic amines) is 1. The summed E-state index contributed by atoms with van der Waals surface area (Å²) < 4.78 is 4.78. The molecule has 2 unspecified atom stereocenters. The molecule has 1 aromatic rings. The van der Waals surface area contributed by atoms with Gasteiger partial charge in [0.15, 0.2) is 5.96 Å². The van der Waals surface area contributed by atoms with Crippen molar-refractivity contribution in [1.82, 2.24) is 10.2 Å². The first-order valence-corrected chi connectivity index (χ1v) is 9.91. The third-order valence-electron chi connectivity index (χ3n) is 4.27. The van der Waals surface area contributed by atoms with Crippen LogP contribution in [0, 0.1) is 11.8 Å². The Hall–Kier alpha value is -0.960. The fourth-order valence-electron chi connectivity index (χ4n) is 2.82. The van der Waals surface area contributed by atoms with Gasteiger partial charge in [-0.1, -0.05) is 25.1 Å². The molecule has 0 saturated carbocycles. The quantitative estimate of drug-likeness (QED) is 0.208. The van der Waals surface area contributed by atoms with Gasteiger partial charge in [0.1, 0.15) is 0 Å². The van der Waals surface area contributed by atoms with Crippen LogP contribution in [-0.2, 0) is 9.53 Å². The van der Waals surface area contributed by atoms with Crippen LogP contribution in [0.4, 0.5) is 0 Å². The van der Waals surface area contributed by atoms with Gasteiger partial charge in [-0.3, -0.25) is 9.79 Å². The lowest BCUT2D eigenvalue weighted by Gasteiger charge is -2.22. The van der Waals surface area contributed by atoms with Gasteiger partial charge in [-0.2, -0.15) is 0 Å². The molecule has 5 nitrogen and oxygen atoms in total. The van der Waals surface area contributed by atoms with Gasteiger partial charge in [-0.25, -0.2) is 0 Å². The predicted octanol–water partition coefficient (Wildman–Crippen LogP) is 3.49. The third-order valence-corrected chi connectivity index (χ3v) is 5.51. The average molecular weight is 491 g/mol. The topological polar surface area (TPSA) is 53.9 Å². The first-order valence-electron chi connectivity index (χ1n) is 8.93. The highest BCUT2D eigenvalue weighted by Gasteiger charge is 2.25. The largest absolute Gasteiger partial charge is 0.469 e. The van der Waals surface area contributed by atoms with Gasteiger partial charge in [0.05, 0.1) is 19.6 Å². The number of guanidine groups is 1. The predicted molar refractivity (Wildman–Crippen MR) is 119 cm³/mol. The van der Waals surface area contributed by atoms with E-state index in [0.717, 1.165) is 31.3 Å². The van der Waals surface area contributed by atoms with Crippen LogP contribution in [0.5, 0.6) is 0 Å². The van der Waals surface area contributed by atoms with E-state index < -0.39 is 0 Å². The average Bonchev–Trinajstić information content (AvgIpc) is 3.12. The molecule has 0 radical (unpaired) electrons. The molecule has 2 atom stereocenters. The normalized spacial score (nSPS) is 18.2. The van der Waals surface area contributed by atoms with Crippen molar-refractivity contribution >= 4 is 47.7 Å². The van der Waals surface area contributed by atoms with E-state index in [1.165, 1.54) is 18.4 Å². The van der Waals surface area contributed by atoms with Crippen molar-refractivity contribution in [2.24, 2.45) is 16.8 Å². The van der Waals surface area contributed by atoms with Crippen molar-refractivity contribution < 1.29 is 9.53 Å². The summed E-state index contributed by atoms with van der Waals surface area (Å²) in [6.07, 6.45) is 1.18. The van der Waals surface area contributed by atoms with Crippen LogP contribution >= 0.6 is 35.7 Å². The van der Waals surface area contributed by atoms with Gasteiger partial charge in [0.2, 0.25) is 0 Å². The van der Waals surface area contributed by atoms with Crippen LogP contribution in [0.2, 0.25) is 0 Å². The van der Waals surface area contributed by atoms with Crippen LogP contribution in [0.25, 0.3) is 0 Å². The standard InChI is InChI=1S/C19H29N3O2S.HI/c1-4-20-19(21-12-15(2)18(23)24-3)22-11-10-16(13-22)14-25-17-8-6-5-7-9-17;/h5-9,15-16H,4,10-14H2,1-3H3,(H,20,21);1H. The Bertz CT molecular complexity index is 571. The van der Waals surface area contributed by atoms with E-state index in [2.05, 4.69) is 52.5 Å². The molecule has 146 valence electrons. The number of nitrogens with one attached hydrogen (secondary N) is 1. The third kappa shape index (κ3) is 7.34. The summed E-state index contributed by atoms with van der Waals surface area (Å²) in [6.45, 7) is 7.22. The maximum absolute atomic E-state index is 11.5. The van der Waals surface area contributed by atoms with Crippen LogP contribution in [-0.4, -0.2) is 55.9 Å². The Balaban J connectivity index is 0.00000338. The molecule has 1 saturated heterocycles. The number of nitrogens with zero attached hydrogens (tertiary/aromatic N) is 2. The molecular weight excluding hydrogens is 461 g/mol. The number of carbonyl (C=O) groups is 1.